The number of alkyl halides is 3. The summed E-state index contributed by atoms with van der Waals surface area (Å²) >= 11 is 0. The lowest BCUT2D eigenvalue weighted by Crippen LogP contribution is -2.51. The lowest BCUT2D eigenvalue weighted by Gasteiger charge is -2.43. The number of nitrogens with one attached hydrogen (secondary N) is 2. The number of aliphatic hydroxyl groups excluding tert-OH is 2. The number of benzene rings is 4. The minimum absolute atomic E-state index is 0.0670. The quantitative estimate of drug-likeness (QED) is 0.117. The zero-order valence-corrected chi connectivity index (χ0v) is 30.7. The molecule has 0 radical (unpaired) electrons. The molecule has 6 rings (SSSR count). The second-order valence-corrected chi connectivity index (χ2v) is 13.1. The van der Waals surface area contributed by atoms with Crippen LogP contribution < -0.4 is 25.8 Å². The molecule has 2 amide bonds. The van der Waals surface area contributed by atoms with Crippen LogP contribution in [0, 0.1) is 0 Å². The summed E-state index contributed by atoms with van der Waals surface area (Å²) in [5.74, 6) is -1.84. The van der Waals surface area contributed by atoms with E-state index in [2.05, 4.69) is 10.3 Å². The molecule has 4 atom stereocenters. The average Bonchev–Trinajstić information content (AvgIpc) is 3.61. The topological polar surface area (TPSA) is 161 Å². The zero-order chi connectivity index (χ0) is 40.7. The molecule has 57 heavy (non-hydrogen) atoms. The van der Waals surface area contributed by atoms with Gasteiger partial charge < -0.3 is 35.1 Å². The molecule has 4 N–H and O–H groups in total. The van der Waals surface area contributed by atoms with Crippen LogP contribution in [0.15, 0.2) is 126 Å². The van der Waals surface area contributed by atoms with E-state index in [-0.39, 0.29) is 23.4 Å². The van der Waals surface area contributed by atoms with E-state index in [1.165, 1.54) is 44.7 Å². The molecule has 1 aliphatic heterocycles. The Bertz CT molecular complexity index is 2200. The van der Waals surface area contributed by atoms with Crippen molar-refractivity contribution in [2.45, 2.75) is 42.6 Å². The van der Waals surface area contributed by atoms with Crippen molar-refractivity contribution in [3.05, 3.63) is 160 Å². The molecule has 1 saturated heterocycles. The number of nitrogens with zero attached hydrogens (tertiary/aromatic N) is 2. The Labute approximate surface area is 325 Å². The first kappa shape index (κ1) is 40.4. The van der Waals surface area contributed by atoms with Gasteiger partial charge in [-0.1, -0.05) is 84.9 Å². The van der Waals surface area contributed by atoms with Gasteiger partial charge in [0.2, 0.25) is 0 Å². The Kier molecular flexibility index (Phi) is 12.2. The summed E-state index contributed by atoms with van der Waals surface area (Å²) in [5, 5.41) is 28.6. The van der Waals surface area contributed by atoms with Gasteiger partial charge >= 0.3 is 17.8 Å². The molecule has 1 fully saturated rings. The van der Waals surface area contributed by atoms with Gasteiger partial charge in [-0.25, -0.2) is 4.79 Å². The largest absolute Gasteiger partial charge is 0.497 e. The third kappa shape index (κ3) is 8.60. The number of hydrogen-bond donors (Lipinski definition) is 4. The molecule has 1 unspecified atom stereocenters. The number of hydrogen-bond acceptors (Lipinski definition) is 9. The van der Waals surface area contributed by atoms with E-state index in [4.69, 9.17) is 14.2 Å². The molecule has 0 saturated carbocycles. The molecule has 1 aromatic heterocycles. The van der Waals surface area contributed by atoms with Crippen LogP contribution >= 0.6 is 0 Å². The summed E-state index contributed by atoms with van der Waals surface area (Å²) in [5.41, 5.74) is -0.0306. The summed E-state index contributed by atoms with van der Waals surface area (Å²) < 4.78 is 56.6. The van der Waals surface area contributed by atoms with E-state index < -0.39 is 60.2 Å². The maximum absolute atomic E-state index is 13.6. The van der Waals surface area contributed by atoms with Gasteiger partial charge in [-0.15, -0.1) is 0 Å². The van der Waals surface area contributed by atoms with E-state index in [1.807, 2.05) is 54.6 Å². The van der Waals surface area contributed by atoms with Crippen molar-refractivity contribution in [2.75, 3.05) is 26.1 Å². The lowest BCUT2D eigenvalue weighted by molar-refractivity contribution is -0.173. The molecule has 1 aliphatic rings. The predicted octanol–water partition coefficient (Wildman–Crippen LogP) is 5.25. The number of methoxy groups -OCH3 is 2. The lowest BCUT2D eigenvalue weighted by atomic mass is 9.64. The molecule has 0 spiro atoms. The molecule has 4 aromatic carbocycles. The summed E-state index contributed by atoms with van der Waals surface area (Å²) in [7, 11) is 3.07. The number of amides is 2. The van der Waals surface area contributed by atoms with E-state index in [0.29, 0.717) is 28.2 Å². The summed E-state index contributed by atoms with van der Waals surface area (Å²) in [4.78, 5) is 42.1. The molecule has 12 nitrogen and oxygen atoms in total. The molecular formula is C42H39F3N4O8. The van der Waals surface area contributed by atoms with E-state index in [9.17, 15) is 37.8 Å². The van der Waals surface area contributed by atoms with Gasteiger partial charge in [0, 0.05) is 30.3 Å². The third-order valence-corrected chi connectivity index (χ3v) is 9.70. The van der Waals surface area contributed by atoms with Crippen molar-refractivity contribution in [3.63, 3.8) is 0 Å². The van der Waals surface area contributed by atoms with Crippen LogP contribution in [-0.2, 0) is 14.9 Å². The van der Waals surface area contributed by atoms with Crippen molar-refractivity contribution in [2.24, 2.45) is 0 Å². The molecule has 2 heterocycles. The van der Waals surface area contributed by atoms with Crippen molar-refractivity contribution < 1.29 is 47.2 Å². The molecule has 0 aliphatic carbocycles. The maximum atomic E-state index is 13.6. The first-order chi connectivity index (χ1) is 27.4. The van der Waals surface area contributed by atoms with Gasteiger partial charge in [-0.2, -0.15) is 18.2 Å². The van der Waals surface area contributed by atoms with Crippen molar-refractivity contribution >= 4 is 23.7 Å². The Morgan fingerprint density at radius 3 is 1.98 bits per heavy atom. The van der Waals surface area contributed by atoms with Gasteiger partial charge in [0.05, 0.1) is 25.7 Å². The summed E-state index contributed by atoms with van der Waals surface area (Å²) in [6.45, 7) is -0.547. The second kappa shape index (κ2) is 17.2. The van der Waals surface area contributed by atoms with Crippen LogP contribution in [0.3, 0.4) is 0 Å². The fraction of sp³-hybridized carbons (Fsp3) is 0.238. The number of ether oxygens (including phenoxy) is 3. The Balaban J connectivity index is 1.39. The minimum atomic E-state index is -5.10. The van der Waals surface area contributed by atoms with Gasteiger partial charge in [0.15, 0.2) is 0 Å². The minimum Gasteiger partial charge on any atom is -0.497 e. The van der Waals surface area contributed by atoms with Crippen LogP contribution in [0.25, 0.3) is 6.08 Å². The molecule has 296 valence electrons. The van der Waals surface area contributed by atoms with Crippen LogP contribution in [0.1, 0.15) is 45.3 Å². The number of halogens is 3. The molecule has 15 heteroatoms. The number of carbonyl (C=O) groups excluding carboxylic acids is 2. The van der Waals surface area contributed by atoms with Crippen molar-refractivity contribution in [3.8, 4) is 11.5 Å². The van der Waals surface area contributed by atoms with E-state index >= 15 is 0 Å². The molecular weight excluding hydrogens is 745 g/mol. The van der Waals surface area contributed by atoms with Gasteiger partial charge in [0.1, 0.15) is 35.8 Å². The Morgan fingerprint density at radius 2 is 1.44 bits per heavy atom. The third-order valence-electron chi connectivity index (χ3n) is 9.70. The summed E-state index contributed by atoms with van der Waals surface area (Å²) in [6, 6.07) is 31.5. The fourth-order valence-corrected chi connectivity index (χ4v) is 6.92. The summed E-state index contributed by atoms with van der Waals surface area (Å²) in [6.07, 6.45) is -6.89. The Hall–Kier alpha value is -6.29. The highest BCUT2D eigenvalue weighted by Gasteiger charge is 2.52. The van der Waals surface area contributed by atoms with Gasteiger partial charge in [-0.3, -0.25) is 14.2 Å². The Morgan fingerprint density at radius 1 is 0.895 bits per heavy atom. The van der Waals surface area contributed by atoms with E-state index in [1.54, 1.807) is 47.8 Å². The van der Waals surface area contributed by atoms with Crippen molar-refractivity contribution in [1.82, 2.24) is 14.9 Å². The highest BCUT2D eigenvalue weighted by Crippen LogP contribution is 2.47. The average molecular weight is 785 g/mol. The predicted molar refractivity (Wildman–Crippen MR) is 204 cm³/mol. The zero-order valence-electron chi connectivity index (χ0n) is 30.7. The normalized spacial score (nSPS) is 17.6. The smallest absolute Gasteiger partial charge is 0.471 e. The van der Waals surface area contributed by atoms with Crippen LogP contribution in [0.2, 0.25) is 0 Å². The van der Waals surface area contributed by atoms with Gasteiger partial charge in [0.25, 0.3) is 5.91 Å². The van der Waals surface area contributed by atoms with E-state index in [0.717, 1.165) is 4.57 Å². The number of rotatable bonds is 13. The number of aliphatic hydroxyl groups is 2. The number of aromatic nitrogens is 2. The monoisotopic (exact) mass is 784 g/mol. The first-order valence-corrected chi connectivity index (χ1v) is 17.7. The van der Waals surface area contributed by atoms with Crippen LogP contribution in [-0.4, -0.2) is 76.8 Å². The number of carbonyl (C=O) groups is 2. The first-order valence-electron chi connectivity index (χ1n) is 17.7. The SMILES string of the molecule is COc1ccc(C(c2ccccc2)(c2ccc(OC)cc2)C(O)[C@H]2O[C@@H](n3cc(C=CCNC(=O)C(F)(F)F)c(NC(=O)c4ccccc4)nc3=O)C[C@@H]2O)cc1. The second-order valence-electron chi connectivity index (χ2n) is 13.1. The fourth-order valence-electron chi connectivity index (χ4n) is 6.92. The highest BCUT2D eigenvalue weighted by molar-refractivity contribution is 6.04. The van der Waals surface area contributed by atoms with Gasteiger partial charge in [-0.05, 0) is 53.1 Å². The maximum Gasteiger partial charge on any atom is 0.471 e. The standard InChI is InChI=1S/C42H39F3N4O8/c1-55-31-19-15-29(16-20-31)41(28-13-7-4-8-14-28,30-17-21-32(56-2)22-18-30)36(51)35-33(50)24-34(57-35)49-25-27(12-9-23-46-39(53)42(43,44)45)37(48-40(49)54)47-38(52)26-10-5-3-6-11-26/h3-22,25,33-36,50-51H,23-24H2,1-2H3,(H,46,53)(H,47,48,52,54)/t33-,34+,35-,36?/m0/s1. The molecule has 5 aromatic rings. The molecule has 0 bridgehead atoms. The highest BCUT2D eigenvalue weighted by atomic mass is 19.4. The number of anilines is 1. The van der Waals surface area contributed by atoms with Crippen LogP contribution in [0.4, 0.5) is 19.0 Å². The van der Waals surface area contributed by atoms with Crippen molar-refractivity contribution in [1.29, 1.82) is 0 Å². The van der Waals surface area contributed by atoms with Crippen LogP contribution in [0.5, 0.6) is 11.5 Å².